The monoisotopic (exact) mass is 365 g/mol. The molecule has 9 heteroatoms. The number of thiol groups is 1. The average Bonchev–Trinajstić information content (AvgIpc) is 3.18. The van der Waals surface area contributed by atoms with Gasteiger partial charge in [0.05, 0.1) is 4.92 Å². The fourth-order valence-corrected chi connectivity index (χ4v) is 3.73. The lowest BCUT2D eigenvalue weighted by Crippen LogP contribution is -2.41. The lowest BCUT2D eigenvalue weighted by molar-refractivity contribution is -0.384. The quantitative estimate of drug-likeness (QED) is 0.481. The number of nitrogens with one attached hydrogen (secondary N) is 1. The summed E-state index contributed by atoms with van der Waals surface area (Å²) >= 11 is 4.47. The summed E-state index contributed by atoms with van der Waals surface area (Å²) in [6, 6.07) is 5.82. The molecule has 2 fully saturated rings. The smallest absolute Gasteiger partial charge is 0.410 e. The van der Waals surface area contributed by atoms with Gasteiger partial charge in [-0.3, -0.25) is 14.9 Å². The molecule has 0 aromatic heterocycles. The molecule has 0 spiro atoms. The van der Waals surface area contributed by atoms with Gasteiger partial charge in [0.15, 0.2) is 0 Å². The van der Waals surface area contributed by atoms with Crippen LogP contribution in [-0.4, -0.2) is 46.2 Å². The minimum absolute atomic E-state index is 0.00631. The molecule has 134 valence electrons. The van der Waals surface area contributed by atoms with Crippen molar-refractivity contribution in [1.29, 1.82) is 0 Å². The molecule has 2 heterocycles. The zero-order valence-corrected chi connectivity index (χ0v) is 14.4. The molecule has 3 rings (SSSR count). The molecule has 2 aliphatic heterocycles. The summed E-state index contributed by atoms with van der Waals surface area (Å²) in [5.41, 5.74) is 0.667. The Balaban J connectivity index is 1.59. The molecular formula is C16H19N3O5S. The number of nitrogens with zero attached hydrogens (tertiary/aromatic N) is 2. The molecule has 2 aliphatic rings. The number of amides is 2. The van der Waals surface area contributed by atoms with Crippen molar-refractivity contribution in [2.24, 2.45) is 5.92 Å². The Labute approximate surface area is 150 Å². The molecule has 1 N–H and O–H groups in total. The molecule has 25 heavy (non-hydrogen) atoms. The topological polar surface area (TPSA) is 102 Å². The largest absolute Gasteiger partial charge is 0.445 e. The summed E-state index contributed by atoms with van der Waals surface area (Å²) in [5, 5.41) is 13.5. The van der Waals surface area contributed by atoms with Gasteiger partial charge in [0, 0.05) is 48.9 Å². The van der Waals surface area contributed by atoms with Crippen LogP contribution in [0.2, 0.25) is 0 Å². The molecule has 1 aromatic rings. The van der Waals surface area contributed by atoms with Crippen LogP contribution in [0.5, 0.6) is 0 Å². The van der Waals surface area contributed by atoms with E-state index in [1.807, 2.05) is 0 Å². The number of carbonyl (C=O) groups excluding carboxylic acids is 2. The molecule has 2 saturated heterocycles. The Morgan fingerprint density at radius 3 is 2.72 bits per heavy atom. The Morgan fingerprint density at radius 2 is 2.12 bits per heavy atom. The molecule has 1 aromatic carbocycles. The number of hydrogen-bond donors (Lipinski definition) is 2. The van der Waals surface area contributed by atoms with E-state index in [4.69, 9.17) is 4.74 Å². The van der Waals surface area contributed by atoms with Crippen LogP contribution in [0.1, 0.15) is 18.4 Å². The van der Waals surface area contributed by atoms with E-state index in [0.717, 1.165) is 6.42 Å². The highest BCUT2D eigenvalue weighted by Gasteiger charge is 2.41. The van der Waals surface area contributed by atoms with Gasteiger partial charge in [0.1, 0.15) is 6.61 Å². The molecule has 0 saturated carbocycles. The lowest BCUT2D eigenvalue weighted by Gasteiger charge is -2.27. The first-order valence-corrected chi connectivity index (χ1v) is 8.57. The summed E-state index contributed by atoms with van der Waals surface area (Å²) in [4.78, 5) is 35.7. The maximum atomic E-state index is 12.4. The first-order valence-electron chi connectivity index (χ1n) is 8.05. The second-order valence-electron chi connectivity index (χ2n) is 6.36. The maximum absolute atomic E-state index is 12.4. The zero-order chi connectivity index (χ0) is 18.0. The Kier molecular flexibility index (Phi) is 5.12. The van der Waals surface area contributed by atoms with Crippen LogP contribution in [0.4, 0.5) is 10.5 Å². The van der Waals surface area contributed by atoms with Gasteiger partial charge in [-0.2, -0.15) is 12.6 Å². The van der Waals surface area contributed by atoms with E-state index >= 15 is 0 Å². The normalized spacial score (nSPS) is 25.7. The van der Waals surface area contributed by atoms with Crippen molar-refractivity contribution in [2.45, 2.75) is 30.7 Å². The third-order valence-electron chi connectivity index (χ3n) is 4.62. The summed E-state index contributed by atoms with van der Waals surface area (Å²) in [6.07, 6.45) is 0.700. The van der Waals surface area contributed by atoms with Gasteiger partial charge in [-0.25, -0.2) is 4.79 Å². The Bertz CT molecular complexity index is 681. The van der Waals surface area contributed by atoms with Crippen molar-refractivity contribution in [2.75, 3.05) is 13.1 Å². The molecule has 2 amide bonds. The molecule has 1 unspecified atom stereocenters. The van der Waals surface area contributed by atoms with Gasteiger partial charge in [0.2, 0.25) is 5.91 Å². The highest BCUT2D eigenvalue weighted by Crippen LogP contribution is 2.31. The van der Waals surface area contributed by atoms with Gasteiger partial charge in [-0.05, 0) is 24.1 Å². The van der Waals surface area contributed by atoms with Gasteiger partial charge in [-0.1, -0.05) is 0 Å². The highest BCUT2D eigenvalue weighted by atomic mass is 32.1. The van der Waals surface area contributed by atoms with Crippen molar-refractivity contribution in [3.05, 3.63) is 39.9 Å². The van der Waals surface area contributed by atoms with Crippen LogP contribution in [0.15, 0.2) is 24.3 Å². The van der Waals surface area contributed by atoms with E-state index in [9.17, 15) is 19.7 Å². The predicted octanol–water partition coefficient (Wildman–Crippen LogP) is 1.74. The molecule has 0 aliphatic carbocycles. The van der Waals surface area contributed by atoms with E-state index in [1.54, 1.807) is 17.0 Å². The standard InChI is InChI=1S/C16H19N3O5S/c20-15-5-11(7-17-15)14-6-13(25)8-18(14)16(21)24-9-10-1-3-12(4-2-10)19(22)23/h1-4,11,13-14,25H,5-9H2,(H,17,20)/t11?,13-,14-/m0/s1. The Hall–Kier alpha value is -2.29. The second kappa shape index (κ2) is 7.30. The number of nitro benzene ring substituents is 1. The van der Waals surface area contributed by atoms with Gasteiger partial charge < -0.3 is 15.0 Å². The molecular weight excluding hydrogens is 346 g/mol. The maximum Gasteiger partial charge on any atom is 0.410 e. The van der Waals surface area contributed by atoms with Crippen LogP contribution in [-0.2, 0) is 16.1 Å². The fourth-order valence-electron chi connectivity index (χ4n) is 3.34. The van der Waals surface area contributed by atoms with Crippen molar-refractivity contribution < 1.29 is 19.2 Å². The van der Waals surface area contributed by atoms with Crippen molar-refractivity contribution in [1.82, 2.24) is 10.2 Å². The van der Waals surface area contributed by atoms with Crippen LogP contribution in [0.3, 0.4) is 0 Å². The SMILES string of the molecule is O=C1CC([C@@H]2C[C@H](S)CN2C(=O)OCc2ccc([N+](=O)[O-])cc2)CN1. The predicted molar refractivity (Wildman–Crippen MR) is 92.3 cm³/mol. The van der Waals surface area contributed by atoms with Gasteiger partial charge in [-0.15, -0.1) is 0 Å². The van der Waals surface area contributed by atoms with Crippen molar-refractivity contribution in [3.8, 4) is 0 Å². The van der Waals surface area contributed by atoms with Crippen LogP contribution >= 0.6 is 12.6 Å². The Morgan fingerprint density at radius 1 is 1.40 bits per heavy atom. The van der Waals surface area contributed by atoms with Gasteiger partial charge >= 0.3 is 6.09 Å². The molecule has 0 bridgehead atoms. The fraction of sp³-hybridized carbons (Fsp3) is 0.500. The molecule has 0 radical (unpaired) electrons. The zero-order valence-electron chi connectivity index (χ0n) is 13.5. The van der Waals surface area contributed by atoms with E-state index in [0.29, 0.717) is 25.1 Å². The number of hydrogen-bond acceptors (Lipinski definition) is 6. The molecule has 8 nitrogen and oxygen atoms in total. The summed E-state index contributed by atoms with van der Waals surface area (Å²) < 4.78 is 5.36. The number of nitro groups is 1. The van der Waals surface area contributed by atoms with Crippen molar-refractivity contribution in [3.63, 3.8) is 0 Å². The first kappa shape index (κ1) is 17.5. The third-order valence-corrected chi connectivity index (χ3v) is 4.99. The second-order valence-corrected chi connectivity index (χ2v) is 7.09. The molecule has 3 atom stereocenters. The van der Waals surface area contributed by atoms with Crippen molar-refractivity contribution >= 4 is 30.3 Å². The van der Waals surface area contributed by atoms with E-state index < -0.39 is 11.0 Å². The number of non-ortho nitro benzene ring substituents is 1. The van der Waals surface area contributed by atoms with Gasteiger partial charge in [0.25, 0.3) is 5.69 Å². The summed E-state index contributed by atoms with van der Waals surface area (Å²) in [7, 11) is 0. The van der Waals surface area contributed by atoms with Crippen LogP contribution in [0, 0.1) is 16.0 Å². The van der Waals surface area contributed by atoms with Crippen LogP contribution < -0.4 is 5.32 Å². The van der Waals surface area contributed by atoms with Crippen LogP contribution in [0.25, 0.3) is 0 Å². The summed E-state index contributed by atoms with van der Waals surface area (Å²) in [6.45, 7) is 1.09. The third kappa shape index (κ3) is 4.04. The van der Waals surface area contributed by atoms with E-state index in [-0.39, 0.29) is 35.4 Å². The number of ether oxygens (including phenoxy) is 1. The number of carbonyl (C=O) groups is 2. The number of rotatable bonds is 4. The van der Waals surface area contributed by atoms with E-state index in [2.05, 4.69) is 17.9 Å². The van der Waals surface area contributed by atoms with E-state index in [1.165, 1.54) is 12.1 Å². The first-order chi connectivity index (χ1) is 11.9. The minimum atomic E-state index is -0.478. The average molecular weight is 365 g/mol. The summed E-state index contributed by atoms with van der Waals surface area (Å²) in [5.74, 6) is 0.0865. The lowest BCUT2D eigenvalue weighted by atomic mass is 9.97. The number of likely N-dealkylation sites (tertiary alicyclic amines) is 1. The minimum Gasteiger partial charge on any atom is -0.445 e. The number of benzene rings is 1. The highest BCUT2D eigenvalue weighted by molar-refractivity contribution is 7.81.